The smallest absolute Gasteiger partial charge is 0.0887 e. The van der Waals surface area contributed by atoms with Gasteiger partial charge in [0, 0.05) is 55.7 Å². The van der Waals surface area contributed by atoms with Crippen LogP contribution in [-0.4, -0.2) is 33.4 Å². The van der Waals surface area contributed by atoms with Crippen LogP contribution in [0.5, 0.6) is 0 Å². The van der Waals surface area contributed by atoms with Crippen molar-refractivity contribution in [1.29, 1.82) is 0 Å². The van der Waals surface area contributed by atoms with Gasteiger partial charge in [-0.05, 0) is 54.2 Å². The van der Waals surface area contributed by atoms with Crippen LogP contribution in [0.1, 0.15) is 16.7 Å². The SMILES string of the molecule is O=P(CCc1cccnc1)(CCc1cccnc1)CCc1cccnc1. The highest BCUT2D eigenvalue weighted by atomic mass is 31.2. The first-order chi connectivity index (χ1) is 12.7. The highest BCUT2D eigenvalue weighted by molar-refractivity contribution is 7.63. The Morgan fingerprint density at radius 1 is 0.615 bits per heavy atom. The molecule has 3 aromatic heterocycles. The molecule has 0 saturated carbocycles. The van der Waals surface area contributed by atoms with Gasteiger partial charge in [-0.25, -0.2) is 0 Å². The molecular formula is C21H24N3OP. The van der Waals surface area contributed by atoms with Crippen LogP contribution in [0.15, 0.2) is 73.6 Å². The number of rotatable bonds is 9. The molecule has 3 rings (SSSR count). The number of nitrogens with zero attached hydrogens (tertiary/aromatic N) is 3. The van der Waals surface area contributed by atoms with E-state index in [2.05, 4.69) is 33.2 Å². The highest BCUT2D eigenvalue weighted by Crippen LogP contribution is 2.47. The number of aromatic nitrogens is 3. The van der Waals surface area contributed by atoms with Crippen LogP contribution >= 0.6 is 7.14 Å². The standard InChI is InChI=1S/C21H24N3OP/c25-26(13-7-19-4-1-10-22-16-19,14-8-20-5-2-11-23-17-20)15-9-21-6-3-12-24-18-21/h1-6,10-12,16-18H,7-9,13-15H2. The van der Waals surface area contributed by atoms with E-state index in [1.165, 1.54) is 0 Å². The van der Waals surface area contributed by atoms with Crippen molar-refractivity contribution in [3.05, 3.63) is 90.3 Å². The van der Waals surface area contributed by atoms with Gasteiger partial charge in [-0.1, -0.05) is 18.2 Å². The maximum absolute atomic E-state index is 13.7. The van der Waals surface area contributed by atoms with Crippen molar-refractivity contribution in [2.45, 2.75) is 19.3 Å². The van der Waals surface area contributed by atoms with E-state index in [4.69, 9.17) is 0 Å². The molecule has 4 nitrogen and oxygen atoms in total. The van der Waals surface area contributed by atoms with E-state index in [1.807, 2.05) is 36.8 Å². The molecule has 3 heterocycles. The first-order valence-electron chi connectivity index (χ1n) is 8.97. The van der Waals surface area contributed by atoms with Crippen LogP contribution in [-0.2, 0) is 23.8 Å². The molecule has 0 amide bonds. The Labute approximate surface area is 155 Å². The second kappa shape index (κ2) is 9.40. The number of pyridine rings is 3. The van der Waals surface area contributed by atoms with Crippen molar-refractivity contribution in [1.82, 2.24) is 15.0 Å². The van der Waals surface area contributed by atoms with Crippen LogP contribution in [0, 0.1) is 0 Å². The van der Waals surface area contributed by atoms with Gasteiger partial charge in [0.25, 0.3) is 0 Å². The predicted molar refractivity (Wildman–Crippen MR) is 106 cm³/mol. The highest BCUT2D eigenvalue weighted by Gasteiger charge is 2.22. The van der Waals surface area contributed by atoms with Crippen LogP contribution in [0.2, 0.25) is 0 Å². The summed E-state index contributed by atoms with van der Waals surface area (Å²) in [6.07, 6.45) is 15.5. The summed E-state index contributed by atoms with van der Waals surface area (Å²) in [5.41, 5.74) is 3.45. The van der Waals surface area contributed by atoms with E-state index in [9.17, 15) is 4.57 Å². The summed E-state index contributed by atoms with van der Waals surface area (Å²) in [4.78, 5) is 12.5. The summed E-state index contributed by atoms with van der Waals surface area (Å²) in [5.74, 6) is 0. The van der Waals surface area contributed by atoms with Gasteiger partial charge >= 0.3 is 0 Å². The molecule has 0 aliphatic carbocycles. The molecule has 0 unspecified atom stereocenters. The van der Waals surface area contributed by atoms with Crippen LogP contribution in [0.4, 0.5) is 0 Å². The zero-order valence-electron chi connectivity index (χ0n) is 14.9. The van der Waals surface area contributed by atoms with E-state index in [1.54, 1.807) is 18.6 Å². The fraction of sp³-hybridized carbons (Fsp3) is 0.286. The van der Waals surface area contributed by atoms with Crippen LogP contribution in [0.3, 0.4) is 0 Å². The average molecular weight is 365 g/mol. The number of aryl methyl sites for hydroxylation is 3. The van der Waals surface area contributed by atoms with Crippen molar-refractivity contribution in [2.75, 3.05) is 18.5 Å². The van der Waals surface area contributed by atoms with E-state index in [0.717, 1.165) is 54.4 Å². The summed E-state index contributed by atoms with van der Waals surface area (Å²) >= 11 is 0. The largest absolute Gasteiger partial charge is 0.324 e. The van der Waals surface area contributed by atoms with Crippen LogP contribution < -0.4 is 0 Å². The average Bonchev–Trinajstić information content (AvgIpc) is 2.72. The fourth-order valence-electron chi connectivity index (χ4n) is 2.97. The normalized spacial score (nSPS) is 11.4. The molecule has 0 bridgehead atoms. The maximum atomic E-state index is 13.7. The molecule has 26 heavy (non-hydrogen) atoms. The first-order valence-corrected chi connectivity index (χ1v) is 11.2. The quantitative estimate of drug-likeness (QED) is 0.532. The molecule has 0 aliphatic rings. The molecule has 0 aromatic carbocycles. The Hall–Kier alpha value is -2.32. The molecule has 134 valence electrons. The van der Waals surface area contributed by atoms with Crippen molar-refractivity contribution < 1.29 is 4.57 Å². The summed E-state index contributed by atoms with van der Waals surface area (Å²) in [6.45, 7) is 0. The lowest BCUT2D eigenvalue weighted by Gasteiger charge is -2.18. The molecular weight excluding hydrogens is 341 g/mol. The molecule has 0 radical (unpaired) electrons. The van der Waals surface area contributed by atoms with E-state index < -0.39 is 7.14 Å². The zero-order chi connectivity index (χ0) is 18.1. The molecule has 0 spiro atoms. The Morgan fingerprint density at radius 3 is 1.23 bits per heavy atom. The van der Waals surface area contributed by atoms with Gasteiger partial charge < -0.3 is 4.57 Å². The molecule has 0 fully saturated rings. The predicted octanol–water partition coefficient (Wildman–Crippen LogP) is 4.26. The summed E-state index contributed by atoms with van der Waals surface area (Å²) in [5, 5.41) is 0. The summed E-state index contributed by atoms with van der Waals surface area (Å²) in [7, 11) is -2.30. The Morgan fingerprint density at radius 2 is 0.962 bits per heavy atom. The molecule has 5 heteroatoms. The lowest BCUT2D eigenvalue weighted by Crippen LogP contribution is -2.07. The maximum Gasteiger partial charge on any atom is 0.0887 e. The Balaban J connectivity index is 1.65. The van der Waals surface area contributed by atoms with E-state index in [-0.39, 0.29) is 0 Å². The van der Waals surface area contributed by atoms with Gasteiger partial charge in [0.05, 0.1) is 7.14 Å². The van der Waals surface area contributed by atoms with Crippen molar-refractivity contribution >= 4 is 7.14 Å². The van der Waals surface area contributed by atoms with Gasteiger partial charge in [-0.15, -0.1) is 0 Å². The van der Waals surface area contributed by atoms with Gasteiger partial charge in [-0.3, -0.25) is 15.0 Å². The minimum absolute atomic E-state index is 0.721. The van der Waals surface area contributed by atoms with Crippen molar-refractivity contribution in [2.24, 2.45) is 0 Å². The molecule has 0 aliphatic heterocycles. The minimum Gasteiger partial charge on any atom is -0.324 e. The third-order valence-electron chi connectivity index (χ3n) is 4.59. The van der Waals surface area contributed by atoms with Crippen molar-refractivity contribution in [3.63, 3.8) is 0 Å². The summed E-state index contributed by atoms with van der Waals surface area (Å²) in [6, 6.07) is 12.0. The lowest BCUT2D eigenvalue weighted by atomic mass is 10.2. The van der Waals surface area contributed by atoms with E-state index in [0.29, 0.717) is 0 Å². The fourth-order valence-corrected chi connectivity index (χ4v) is 5.64. The third-order valence-corrected chi connectivity index (χ3v) is 7.71. The molecule has 3 aromatic rings. The zero-order valence-corrected chi connectivity index (χ0v) is 15.8. The lowest BCUT2D eigenvalue weighted by molar-refractivity contribution is 0.572. The van der Waals surface area contributed by atoms with Gasteiger partial charge in [-0.2, -0.15) is 0 Å². The van der Waals surface area contributed by atoms with Gasteiger partial charge in [0.1, 0.15) is 0 Å². The Bertz CT molecular complexity index is 713. The Kier molecular flexibility index (Phi) is 6.68. The first kappa shape index (κ1) is 18.5. The van der Waals surface area contributed by atoms with Crippen molar-refractivity contribution in [3.8, 4) is 0 Å². The second-order valence-electron chi connectivity index (χ2n) is 6.56. The molecule has 0 N–H and O–H groups in total. The van der Waals surface area contributed by atoms with E-state index >= 15 is 0 Å². The van der Waals surface area contributed by atoms with Gasteiger partial charge in [0.2, 0.25) is 0 Å². The minimum atomic E-state index is -2.30. The second-order valence-corrected chi connectivity index (χ2v) is 10.0. The number of hydrogen-bond acceptors (Lipinski definition) is 4. The topological polar surface area (TPSA) is 55.7 Å². The monoisotopic (exact) mass is 365 g/mol. The van der Waals surface area contributed by atoms with Gasteiger partial charge in [0.15, 0.2) is 0 Å². The number of hydrogen-bond donors (Lipinski definition) is 0. The summed E-state index contributed by atoms with van der Waals surface area (Å²) < 4.78 is 13.7. The molecule has 0 saturated heterocycles. The molecule has 0 atom stereocenters. The van der Waals surface area contributed by atoms with Crippen LogP contribution in [0.25, 0.3) is 0 Å². The third kappa shape index (κ3) is 5.89.